The van der Waals surface area contributed by atoms with Crippen molar-refractivity contribution in [3.05, 3.63) is 22.4 Å². The van der Waals surface area contributed by atoms with Crippen molar-refractivity contribution >= 4 is 11.3 Å². The molecule has 1 heterocycles. The highest BCUT2D eigenvalue weighted by molar-refractivity contribution is 7.10. The van der Waals surface area contributed by atoms with Gasteiger partial charge < -0.3 is 5.73 Å². The van der Waals surface area contributed by atoms with Crippen LogP contribution < -0.4 is 5.73 Å². The van der Waals surface area contributed by atoms with Gasteiger partial charge in [0.25, 0.3) is 0 Å². The maximum absolute atomic E-state index is 8.62. The van der Waals surface area contributed by atoms with Crippen LogP contribution in [-0.2, 0) is 0 Å². The van der Waals surface area contributed by atoms with E-state index in [9.17, 15) is 0 Å². The molecule has 0 amide bonds. The van der Waals surface area contributed by atoms with Crippen molar-refractivity contribution in [2.45, 2.75) is 31.8 Å². The van der Waals surface area contributed by atoms with Crippen molar-refractivity contribution < 1.29 is 0 Å². The van der Waals surface area contributed by atoms with E-state index < -0.39 is 0 Å². The number of rotatable bonds is 6. The van der Waals surface area contributed by atoms with Crippen molar-refractivity contribution in [3.63, 3.8) is 0 Å². The second-order valence-electron chi connectivity index (χ2n) is 3.92. The van der Waals surface area contributed by atoms with Gasteiger partial charge in [-0.1, -0.05) is 13.0 Å². The summed E-state index contributed by atoms with van der Waals surface area (Å²) in [6.07, 6.45) is 1.49. The van der Waals surface area contributed by atoms with Crippen molar-refractivity contribution in [3.8, 4) is 6.07 Å². The zero-order valence-corrected chi connectivity index (χ0v) is 10.7. The maximum atomic E-state index is 8.62. The zero-order chi connectivity index (χ0) is 12.0. The van der Waals surface area contributed by atoms with Crippen LogP contribution in [0.15, 0.2) is 17.5 Å². The van der Waals surface area contributed by atoms with Crippen LogP contribution in [0.1, 0.15) is 30.7 Å². The van der Waals surface area contributed by atoms with Crippen molar-refractivity contribution in [2.24, 2.45) is 5.73 Å². The third kappa shape index (κ3) is 3.31. The SMILES string of the molecule is CCC(N)C(c1cccs1)N(C)CCC#N. The number of hydrogen-bond acceptors (Lipinski definition) is 4. The summed E-state index contributed by atoms with van der Waals surface area (Å²) in [6, 6.07) is 6.71. The molecule has 0 saturated carbocycles. The lowest BCUT2D eigenvalue weighted by Crippen LogP contribution is -2.38. The van der Waals surface area contributed by atoms with Crippen LogP contribution in [0.25, 0.3) is 0 Å². The Morgan fingerprint density at radius 2 is 2.38 bits per heavy atom. The van der Waals surface area contributed by atoms with Crippen LogP contribution >= 0.6 is 11.3 Å². The highest BCUT2D eigenvalue weighted by atomic mass is 32.1. The molecule has 0 spiro atoms. The molecule has 0 aliphatic carbocycles. The molecule has 1 rings (SSSR count). The predicted octanol–water partition coefficient (Wildman–Crippen LogP) is 2.37. The summed E-state index contributed by atoms with van der Waals surface area (Å²) < 4.78 is 0. The first-order valence-corrected chi connectivity index (χ1v) is 6.44. The summed E-state index contributed by atoms with van der Waals surface area (Å²) in [6.45, 7) is 2.87. The molecule has 0 aliphatic rings. The van der Waals surface area contributed by atoms with E-state index in [4.69, 9.17) is 11.0 Å². The molecule has 0 fully saturated rings. The molecule has 16 heavy (non-hydrogen) atoms. The first-order chi connectivity index (χ1) is 7.70. The Labute approximate surface area is 101 Å². The molecule has 0 aromatic carbocycles. The summed E-state index contributed by atoms with van der Waals surface area (Å²) in [7, 11) is 2.04. The van der Waals surface area contributed by atoms with Gasteiger partial charge in [0.15, 0.2) is 0 Å². The van der Waals surface area contributed by atoms with Gasteiger partial charge in [-0.25, -0.2) is 0 Å². The van der Waals surface area contributed by atoms with Crippen LogP contribution in [0.5, 0.6) is 0 Å². The molecule has 0 bridgehead atoms. The van der Waals surface area contributed by atoms with Gasteiger partial charge in [-0.05, 0) is 24.9 Å². The van der Waals surface area contributed by atoms with Gasteiger partial charge in [-0.2, -0.15) is 5.26 Å². The van der Waals surface area contributed by atoms with Crippen molar-refractivity contribution in [1.82, 2.24) is 4.90 Å². The quantitative estimate of drug-likeness (QED) is 0.826. The van der Waals surface area contributed by atoms with E-state index in [1.807, 2.05) is 13.1 Å². The van der Waals surface area contributed by atoms with Gasteiger partial charge in [0.1, 0.15) is 0 Å². The monoisotopic (exact) mass is 237 g/mol. The third-order valence-corrected chi connectivity index (χ3v) is 3.71. The van der Waals surface area contributed by atoms with E-state index in [1.54, 1.807) is 11.3 Å². The van der Waals surface area contributed by atoms with E-state index in [-0.39, 0.29) is 12.1 Å². The molecule has 1 aromatic rings. The van der Waals surface area contributed by atoms with E-state index >= 15 is 0 Å². The summed E-state index contributed by atoms with van der Waals surface area (Å²) >= 11 is 1.73. The van der Waals surface area contributed by atoms with Crippen molar-refractivity contribution in [1.29, 1.82) is 5.26 Å². The number of nitrogens with two attached hydrogens (primary N) is 1. The van der Waals surface area contributed by atoms with Gasteiger partial charge >= 0.3 is 0 Å². The normalized spacial score (nSPS) is 14.7. The average Bonchev–Trinajstić information content (AvgIpc) is 2.79. The maximum Gasteiger partial charge on any atom is 0.0635 e. The molecular weight excluding hydrogens is 218 g/mol. The lowest BCUT2D eigenvalue weighted by molar-refractivity contribution is 0.217. The molecule has 4 heteroatoms. The molecular formula is C12H19N3S. The van der Waals surface area contributed by atoms with Crippen LogP contribution in [-0.4, -0.2) is 24.5 Å². The minimum Gasteiger partial charge on any atom is -0.326 e. The highest BCUT2D eigenvalue weighted by Crippen LogP contribution is 2.27. The second-order valence-corrected chi connectivity index (χ2v) is 4.90. The molecule has 1 aromatic heterocycles. The van der Waals surface area contributed by atoms with E-state index in [0.717, 1.165) is 13.0 Å². The molecule has 2 atom stereocenters. The molecule has 3 nitrogen and oxygen atoms in total. The minimum atomic E-state index is 0.127. The Hall–Kier alpha value is -0.890. The van der Waals surface area contributed by atoms with Gasteiger partial charge in [-0.3, -0.25) is 4.90 Å². The molecule has 2 unspecified atom stereocenters. The number of hydrogen-bond donors (Lipinski definition) is 1. The fraction of sp³-hybridized carbons (Fsp3) is 0.583. The van der Waals surface area contributed by atoms with Crippen LogP contribution in [0, 0.1) is 11.3 Å². The van der Waals surface area contributed by atoms with Crippen LogP contribution in [0.3, 0.4) is 0 Å². The molecule has 0 aliphatic heterocycles. The van der Waals surface area contributed by atoms with E-state index in [2.05, 4.69) is 29.3 Å². The Morgan fingerprint density at radius 1 is 1.62 bits per heavy atom. The fourth-order valence-corrected chi connectivity index (χ4v) is 2.77. The summed E-state index contributed by atoms with van der Waals surface area (Å²) in [5.41, 5.74) is 6.16. The van der Waals surface area contributed by atoms with Crippen LogP contribution in [0.4, 0.5) is 0 Å². The zero-order valence-electron chi connectivity index (χ0n) is 9.89. The number of nitriles is 1. The fourth-order valence-electron chi connectivity index (χ4n) is 1.80. The van der Waals surface area contributed by atoms with Gasteiger partial charge in [0, 0.05) is 23.9 Å². The molecule has 2 N–H and O–H groups in total. The summed E-state index contributed by atoms with van der Waals surface area (Å²) in [5, 5.41) is 10.7. The largest absolute Gasteiger partial charge is 0.326 e. The van der Waals surface area contributed by atoms with Crippen LogP contribution in [0.2, 0.25) is 0 Å². The second kappa shape index (κ2) is 6.64. The van der Waals surface area contributed by atoms with Gasteiger partial charge in [0.2, 0.25) is 0 Å². The van der Waals surface area contributed by atoms with Gasteiger partial charge in [0.05, 0.1) is 12.1 Å². The summed E-state index contributed by atoms with van der Waals surface area (Å²) in [5.74, 6) is 0. The minimum absolute atomic E-state index is 0.127. The van der Waals surface area contributed by atoms with E-state index in [0.29, 0.717) is 6.42 Å². The lowest BCUT2D eigenvalue weighted by atomic mass is 10.0. The number of likely N-dealkylation sites (N-methyl/N-ethyl adjacent to an activating group) is 1. The molecule has 0 saturated heterocycles. The predicted molar refractivity (Wildman–Crippen MR) is 68.2 cm³/mol. The topological polar surface area (TPSA) is 53.0 Å². The Bertz CT molecular complexity index is 329. The first kappa shape index (κ1) is 13.2. The Balaban J connectivity index is 2.76. The average molecular weight is 237 g/mol. The van der Waals surface area contributed by atoms with E-state index in [1.165, 1.54) is 4.88 Å². The standard InChI is InChI=1S/C12H19N3S/c1-3-10(14)12(11-6-4-9-16-11)15(2)8-5-7-13/h4,6,9-10,12H,3,5,8,14H2,1-2H3. The molecule has 0 radical (unpaired) electrons. The lowest BCUT2D eigenvalue weighted by Gasteiger charge is -2.31. The smallest absolute Gasteiger partial charge is 0.0635 e. The Kier molecular flexibility index (Phi) is 5.47. The highest BCUT2D eigenvalue weighted by Gasteiger charge is 2.23. The van der Waals surface area contributed by atoms with Gasteiger partial charge in [-0.15, -0.1) is 11.3 Å². The summed E-state index contributed by atoms with van der Waals surface area (Å²) in [4.78, 5) is 3.47. The third-order valence-electron chi connectivity index (χ3n) is 2.76. The van der Waals surface area contributed by atoms with Crippen molar-refractivity contribution in [2.75, 3.05) is 13.6 Å². The Morgan fingerprint density at radius 3 is 2.88 bits per heavy atom. The first-order valence-electron chi connectivity index (χ1n) is 5.56. The number of thiophene rings is 1. The molecule has 88 valence electrons. The number of nitrogens with zero attached hydrogens (tertiary/aromatic N) is 2.